The smallest absolute Gasteiger partial charge is 0.253 e. The topological polar surface area (TPSA) is 52.7 Å². The lowest BCUT2D eigenvalue weighted by molar-refractivity contribution is -0.127. The van der Waals surface area contributed by atoms with E-state index in [-0.39, 0.29) is 17.9 Å². The number of piperidine rings is 1. The van der Waals surface area contributed by atoms with Crippen molar-refractivity contribution in [1.29, 1.82) is 0 Å². The van der Waals surface area contributed by atoms with E-state index >= 15 is 0 Å². The lowest BCUT2D eigenvalue weighted by Gasteiger charge is -2.34. The van der Waals surface area contributed by atoms with Gasteiger partial charge in [0.2, 0.25) is 5.91 Å². The van der Waals surface area contributed by atoms with Crippen molar-refractivity contribution in [2.45, 2.75) is 44.7 Å². The summed E-state index contributed by atoms with van der Waals surface area (Å²) in [5, 5.41) is 2.77. The number of likely N-dealkylation sites (tertiary alicyclic amines) is 2. The molecule has 0 radical (unpaired) electrons. The fourth-order valence-electron chi connectivity index (χ4n) is 3.73. The number of nitrogens with zero attached hydrogens (tertiary/aromatic N) is 2. The summed E-state index contributed by atoms with van der Waals surface area (Å²) in [4.78, 5) is 28.6. The molecule has 0 spiro atoms. The summed E-state index contributed by atoms with van der Waals surface area (Å²) in [5.74, 6) is 0.246. The Balaban J connectivity index is 1.64. The summed E-state index contributed by atoms with van der Waals surface area (Å²) in [6.45, 7) is 3.47. The van der Waals surface area contributed by atoms with Crippen LogP contribution < -0.4 is 5.32 Å². The molecule has 0 saturated carbocycles. The van der Waals surface area contributed by atoms with Gasteiger partial charge in [-0.15, -0.1) is 0 Å². The molecule has 2 fully saturated rings. The average molecular weight is 329 g/mol. The maximum absolute atomic E-state index is 12.4. The van der Waals surface area contributed by atoms with Crippen LogP contribution in [0.2, 0.25) is 0 Å². The molecule has 2 heterocycles. The first-order valence-electron chi connectivity index (χ1n) is 9.03. The summed E-state index contributed by atoms with van der Waals surface area (Å²) < 4.78 is 0. The first kappa shape index (κ1) is 17.0. The van der Waals surface area contributed by atoms with E-state index in [0.717, 1.165) is 69.4 Å². The number of hydrogen-bond donors (Lipinski definition) is 1. The highest BCUT2D eigenvalue weighted by Crippen LogP contribution is 2.20. The Bertz CT molecular complexity index is 579. The number of likely N-dealkylation sites (N-methyl/N-ethyl adjacent to an activating group) is 1. The largest absolute Gasteiger partial charge is 0.358 e. The monoisotopic (exact) mass is 329 g/mol. The van der Waals surface area contributed by atoms with E-state index in [1.54, 1.807) is 7.05 Å². The zero-order valence-corrected chi connectivity index (χ0v) is 14.5. The number of carbonyl (C=O) groups is 2. The minimum Gasteiger partial charge on any atom is -0.358 e. The normalized spacial score (nSPS) is 21.7. The first-order valence-corrected chi connectivity index (χ1v) is 9.03. The van der Waals surface area contributed by atoms with E-state index in [4.69, 9.17) is 0 Å². The van der Waals surface area contributed by atoms with Crippen LogP contribution in [0.15, 0.2) is 24.3 Å². The Hall–Kier alpha value is -1.88. The van der Waals surface area contributed by atoms with Crippen molar-refractivity contribution >= 4 is 11.8 Å². The van der Waals surface area contributed by atoms with E-state index in [9.17, 15) is 9.59 Å². The van der Waals surface area contributed by atoms with Gasteiger partial charge in [-0.25, -0.2) is 0 Å². The molecule has 2 amide bonds. The van der Waals surface area contributed by atoms with Gasteiger partial charge in [0.15, 0.2) is 0 Å². The molecule has 1 aromatic rings. The van der Waals surface area contributed by atoms with Crippen LogP contribution in [0.25, 0.3) is 0 Å². The van der Waals surface area contributed by atoms with Gasteiger partial charge in [-0.2, -0.15) is 0 Å². The van der Waals surface area contributed by atoms with Gasteiger partial charge >= 0.3 is 0 Å². The third-order valence-corrected chi connectivity index (χ3v) is 5.14. The third kappa shape index (κ3) is 3.78. The van der Waals surface area contributed by atoms with Crippen LogP contribution in [0.1, 0.15) is 48.0 Å². The second-order valence-electron chi connectivity index (χ2n) is 6.79. The van der Waals surface area contributed by atoms with Gasteiger partial charge in [0.25, 0.3) is 5.91 Å². The number of benzene rings is 1. The van der Waals surface area contributed by atoms with Crippen molar-refractivity contribution in [3.8, 4) is 0 Å². The Morgan fingerprint density at radius 3 is 2.38 bits per heavy atom. The molecule has 5 heteroatoms. The number of amides is 2. The molecule has 0 unspecified atom stereocenters. The van der Waals surface area contributed by atoms with E-state index in [1.807, 2.05) is 29.2 Å². The molecule has 0 aromatic heterocycles. The van der Waals surface area contributed by atoms with Gasteiger partial charge in [0.1, 0.15) is 0 Å². The van der Waals surface area contributed by atoms with E-state index in [2.05, 4.69) is 10.2 Å². The molecular weight excluding hydrogens is 302 g/mol. The number of hydrogen-bond acceptors (Lipinski definition) is 3. The van der Waals surface area contributed by atoms with Gasteiger partial charge in [0, 0.05) is 32.2 Å². The molecule has 1 N–H and O–H groups in total. The molecule has 2 saturated heterocycles. The highest BCUT2D eigenvalue weighted by molar-refractivity contribution is 5.94. The predicted octanol–water partition coefficient (Wildman–Crippen LogP) is 2.02. The summed E-state index contributed by atoms with van der Waals surface area (Å²) in [7, 11) is 1.70. The quantitative estimate of drug-likeness (QED) is 0.919. The summed E-state index contributed by atoms with van der Waals surface area (Å²) in [5.41, 5.74) is 1.92. The van der Waals surface area contributed by atoms with Crippen molar-refractivity contribution in [3.05, 3.63) is 35.4 Å². The molecular formula is C19H27N3O2. The summed E-state index contributed by atoms with van der Waals surface area (Å²) in [6, 6.07) is 7.87. The highest BCUT2D eigenvalue weighted by atomic mass is 16.2. The highest BCUT2D eigenvalue weighted by Gasteiger charge is 2.28. The maximum atomic E-state index is 12.4. The SMILES string of the molecule is CNC(=O)[C@H]1CCCCN1Cc1ccc(C(=O)N2CCCC2)cc1. The average Bonchev–Trinajstić information content (AvgIpc) is 3.16. The maximum Gasteiger partial charge on any atom is 0.253 e. The molecule has 5 nitrogen and oxygen atoms in total. The molecule has 130 valence electrons. The lowest BCUT2D eigenvalue weighted by atomic mass is 10.00. The van der Waals surface area contributed by atoms with Crippen LogP contribution in [-0.2, 0) is 11.3 Å². The molecule has 2 aliphatic heterocycles. The molecule has 24 heavy (non-hydrogen) atoms. The van der Waals surface area contributed by atoms with E-state index in [0.29, 0.717) is 0 Å². The van der Waals surface area contributed by atoms with Gasteiger partial charge in [0.05, 0.1) is 6.04 Å². The predicted molar refractivity (Wildman–Crippen MR) is 93.7 cm³/mol. The Morgan fingerprint density at radius 1 is 1.04 bits per heavy atom. The minimum absolute atomic E-state index is 0.0327. The zero-order valence-electron chi connectivity index (χ0n) is 14.5. The number of nitrogens with one attached hydrogen (secondary N) is 1. The number of rotatable bonds is 4. The van der Waals surface area contributed by atoms with Crippen LogP contribution >= 0.6 is 0 Å². The van der Waals surface area contributed by atoms with Crippen LogP contribution in [0, 0.1) is 0 Å². The van der Waals surface area contributed by atoms with Crippen molar-refractivity contribution in [2.24, 2.45) is 0 Å². The van der Waals surface area contributed by atoms with Crippen LogP contribution in [0.3, 0.4) is 0 Å². The molecule has 1 aromatic carbocycles. The van der Waals surface area contributed by atoms with Crippen molar-refractivity contribution < 1.29 is 9.59 Å². The molecule has 0 aliphatic carbocycles. The number of carbonyl (C=O) groups excluding carboxylic acids is 2. The molecule has 2 aliphatic rings. The lowest BCUT2D eigenvalue weighted by Crippen LogP contribution is -2.48. The van der Waals surface area contributed by atoms with Crippen molar-refractivity contribution in [2.75, 3.05) is 26.7 Å². The third-order valence-electron chi connectivity index (χ3n) is 5.14. The second-order valence-corrected chi connectivity index (χ2v) is 6.79. The first-order chi connectivity index (χ1) is 11.7. The van der Waals surface area contributed by atoms with Gasteiger partial charge in [-0.1, -0.05) is 18.6 Å². The second kappa shape index (κ2) is 7.79. The Labute approximate surface area is 144 Å². The molecule has 0 bridgehead atoms. The minimum atomic E-state index is -0.0327. The van der Waals surface area contributed by atoms with Crippen molar-refractivity contribution in [3.63, 3.8) is 0 Å². The van der Waals surface area contributed by atoms with E-state index in [1.165, 1.54) is 0 Å². The summed E-state index contributed by atoms with van der Waals surface area (Å²) in [6.07, 6.45) is 5.39. The molecule has 1 atom stereocenters. The standard InChI is InChI=1S/C19H27N3O2/c1-20-18(23)17-6-2-3-13-22(17)14-15-7-9-16(10-8-15)19(24)21-11-4-5-12-21/h7-10,17H,2-6,11-14H2,1H3,(H,20,23)/t17-/m1/s1. The fourth-order valence-corrected chi connectivity index (χ4v) is 3.73. The van der Waals surface area contributed by atoms with Crippen LogP contribution in [0.4, 0.5) is 0 Å². The van der Waals surface area contributed by atoms with E-state index < -0.39 is 0 Å². The van der Waals surface area contributed by atoms with Crippen LogP contribution in [-0.4, -0.2) is 54.3 Å². The van der Waals surface area contributed by atoms with Crippen molar-refractivity contribution in [1.82, 2.24) is 15.1 Å². The van der Waals surface area contributed by atoms with Gasteiger partial charge in [-0.3, -0.25) is 14.5 Å². The van der Waals surface area contributed by atoms with Gasteiger partial charge in [-0.05, 0) is 49.9 Å². The Kier molecular flexibility index (Phi) is 5.51. The zero-order chi connectivity index (χ0) is 16.9. The van der Waals surface area contributed by atoms with Crippen LogP contribution in [0.5, 0.6) is 0 Å². The Morgan fingerprint density at radius 2 is 1.71 bits per heavy atom. The molecule has 3 rings (SSSR count). The fraction of sp³-hybridized carbons (Fsp3) is 0.579. The summed E-state index contributed by atoms with van der Waals surface area (Å²) >= 11 is 0. The van der Waals surface area contributed by atoms with Gasteiger partial charge < -0.3 is 10.2 Å².